The molecule has 49 heavy (non-hydrogen) atoms. The van der Waals surface area contributed by atoms with E-state index in [9.17, 15) is 0 Å². The fourth-order valence-electron chi connectivity index (χ4n) is 6.48. The van der Waals surface area contributed by atoms with Gasteiger partial charge in [-0.3, -0.25) is 4.98 Å². The van der Waals surface area contributed by atoms with Crippen LogP contribution < -0.4 is 0 Å². The van der Waals surface area contributed by atoms with Gasteiger partial charge in [-0.05, 0) is 94.0 Å². The van der Waals surface area contributed by atoms with E-state index >= 15 is 0 Å². The molecular formula is C45H29N3O. The molecule has 0 N–H and O–H groups in total. The lowest BCUT2D eigenvalue weighted by Crippen LogP contribution is -1.96. The standard InChI is InChI=1S/C45H29N3O/c1-3-9-30(10-4-1)36-25-37(32-17-15-31(16-18-32)33-21-23-46-24-22-33)27-38(26-36)42-29-41(47-45(48-42)34-11-5-2-6-12-34)35-19-20-44-40(28-35)39-13-7-8-14-43(39)49-44/h1-29H. The van der Waals surface area contributed by atoms with Crippen molar-refractivity contribution in [2.45, 2.75) is 0 Å². The minimum absolute atomic E-state index is 0.679. The minimum Gasteiger partial charge on any atom is -0.456 e. The number of aromatic nitrogens is 3. The van der Waals surface area contributed by atoms with E-state index in [1.165, 1.54) is 0 Å². The molecule has 0 spiro atoms. The summed E-state index contributed by atoms with van der Waals surface area (Å²) in [6, 6.07) is 56.8. The highest BCUT2D eigenvalue weighted by molar-refractivity contribution is 6.06. The van der Waals surface area contributed by atoms with Crippen LogP contribution in [0.3, 0.4) is 0 Å². The molecule has 0 fully saturated rings. The van der Waals surface area contributed by atoms with E-state index in [1.54, 1.807) is 0 Å². The van der Waals surface area contributed by atoms with E-state index in [0.717, 1.165) is 83.4 Å². The van der Waals surface area contributed by atoms with Crippen LogP contribution in [0.5, 0.6) is 0 Å². The Hall–Kier alpha value is -6.65. The second-order valence-electron chi connectivity index (χ2n) is 12.1. The fourth-order valence-corrected chi connectivity index (χ4v) is 6.48. The summed E-state index contributed by atoms with van der Waals surface area (Å²) in [4.78, 5) is 14.5. The Kier molecular flexibility index (Phi) is 7.10. The van der Waals surface area contributed by atoms with Crippen molar-refractivity contribution in [3.05, 3.63) is 176 Å². The first-order valence-corrected chi connectivity index (χ1v) is 16.3. The third-order valence-corrected chi connectivity index (χ3v) is 9.00. The molecule has 9 aromatic rings. The second kappa shape index (κ2) is 12.2. The Labute approximate surface area is 284 Å². The molecule has 4 heteroatoms. The van der Waals surface area contributed by atoms with Crippen molar-refractivity contribution >= 4 is 21.9 Å². The van der Waals surface area contributed by atoms with Crippen molar-refractivity contribution in [1.82, 2.24) is 15.0 Å². The topological polar surface area (TPSA) is 51.8 Å². The lowest BCUT2D eigenvalue weighted by molar-refractivity contribution is 0.669. The molecule has 6 aromatic carbocycles. The highest BCUT2D eigenvalue weighted by Crippen LogP contribution is 2.37. The average Bonchev–Trinajstić information content (AvgIpc) is 3.57. The van der Waals surface area contributed by atoms with Gasteiger partial charge in [0.05, 0.1) is 11.4 Å². The van der Waals surface area contributed by atoms with Crippen LogP contribution in [0.25, 0.3) is 89.2 Å². The number of fused-ring (bicyclic) bond motifs is 3. The van der Waals surface area contributed by atoms with Crippen LogP contribution in [-0.2, 0) is 0 Å². The Bertz CT molecular complexity index is 2580. The summed E-state index contributed by atoms with van der Waals surface area (Å²) in [5.41, 5.74) is 13.2. The van der Waals surface area contributed by atoms with Crippen LogP contribution in [0.15, 0.2) is 181 Å². The highest BCUT2D eigenvalue weighted by atomic mass is 16.3. The molecule has 3 aromatic heterocycles. The molecule has 4 nitrogen and oxygen atoms in total. The van der Waals surface area contributed by atoms with Crippen LogP contribution in [0.2, 0.25) is 0 Å². The van der Waals surface area contributed by atoms with Crippen molar-refractivity contribution in [3.8, 4) is 67.3 Å². The zero-order chi connectivity index (χ0) is 32.6. The first-order valence-electron chi connectivity index (χ1n) is 16.3. The maximum atomic E-state index is 6.14. The van der Waals surface area contributed by atoms with Crippen molar-refractivity contribution in [2.75, 3.05) is 0 Å². The largest absolute Gasteiger partial charge is 0.456 e. The maximum absolute atomic E-state index is 6.14. The molecule has 0 radical (unpaired) electrons. The number of furan rings is 1. The van der Waals surface area contributed by atoms with Gasteiger partial charge in [0.15, 0.2) is 5.82 Å². The van der Waals surface area contributed by atoms with Crippen LogP contribution in [0.4, 0.5) is 0 Å². The normalized spacial score (nSPS) is 11.3. The van der Waals surface area contributed by atoms with E-state index in [0.29, 0.717) is 5.82 Å². The summed E-state index contributed by atoms with van der Waals surface area (Å²) in [6.07, 6.45) is 3.65. The van der Waals surface area contributed by atoms with Crippen molar-refractivity contribution in [1.29, 1.82) is 0 Å². The zero-order valence-electron chi connectivity index (χ0n) is 26.5. The third kappa shape index (κ3) is 5.56. The number of benzene rings is 6. The molecule has 0 saturated heterocycles. The summed E-state index contributed by atoms with van der Waals surface area (Å²) >= 11 is 0. The number of hydrogen-bond acceptors (Lipinski definition) is 4. The summed E-state index contributed by atoms with van der Waals surface area (Å²) in [5.74, 6) is 0.679. The SMILES string of the molecule is c1ccc(-c2cc(-c3ccc(-c4ccncc4)cc3)cc(-c3cc(-c4ccc5oc6ccccc6c5c4)nc(-c4ccccc4)n3)c2)cc1. The average molecular weight is 628 g/mol. The molecule has 0 atom stereocenters. The first-order chi connectivity index (χ1) is 24.2. The van der Waals surface area contributed by atoms with E-state index in [-0.39, 0.29) is 0 Å². The summed E-state index contributed by atoms with van der Waals surface area (Å²) in [6.45, 7) is 0. The summed E-state index contributed by atoms with van der Waals surface area (Å²) < 4.78 is 6.14. The molecule has 0 saturated carbocycles. The molecule has 0 aliphatic carbocycles. The molecule has 0 unspecified atom stereocenters. The number of hydrogen-bond donors (Lipinski definition) is 0. The molecule has 9 rings (SSSR count). The van der Waals surface area contributed by atoms with Crippen LogP contribution >= 0.6 is 0 Å². The molecule has 0 amide bonds. The Morgan fingerprint density at radius 3 is 1.55 bits per heavy atom. The van der Waals surface area contributed by atoms with Crippen molar-refractivity contribution < 1.29 is 4.42 Å². The van der Waals surface area contributed by atoms with E-state index in [2.05, 4.69) is 114 Å². The zero-order valence-corrected chi connectivity index (χ0v) is 26.5. The molecular weight excluding hydrogens is 599 g/mol. The number of pyridine rings is 1. The lowest BCUT2D eigenvalue weighted by atomic mass is 9.93. The predicted octanol–water partition coefficient (Wildman–Crippen LogP) is 11.8. The Balaban J connectivity index is 1.22. The number of nitrogens with zero attached hydrogens (tertiary/aromatic N) is 3. The molecule has 3 heterocycles. The van der Waals surface area contributed by atoms with Gasteiger partial charge in [0.2, 0.25) is 0 Å². The van der Waals surface area contributed by atoms with Gasteiger partial charge in [-0.25, -0.2) is 9.97 Å². The third-order valence-electron chi connectivity index (χ3n) is 9.00. The minimum atomic E-state index is 0.679. The molecule has 230 valence electrons. The van der Waals surface area contributed by atoms with Crippen molar-refractivity contribution in [2.24, 2.45) is 0 Å². The fraction of sp³-hybridized carbons (Fsp3) is 0. The monoisotopic (exact) mass is 627 g/mol. The van der Waals surface area contributed by atoms with Gasteiger partial charge in [-0.15, -0.1) is 0 Å². The Morgan fingerprint density at radius 2 is 0.837 bits per heavy atom. The van der Waals surface area contributed by atoms with E-state index < -0.39 is 0 Å². The van der Waals surface area contributed by atoms with Crippen LogP contribution in [0, 0.1) is 0 Å². The van der Waals surface area contributed by atoms with Gasteiger partial charge in [0, 0.05) is 39.9 Å². The Morgan fingerprint density at radius 1 is 0.327 bits per heavy atom. The molecule has 0 aliphatic heterocycles. The quantitative estimate of drug-likeness (QED) is 0.184. The summed E-state index contributed by atoms with van der Waals surface area (Å²) in [7, 11) is 0. The van der Waals surface area contributed by atoms with Gasteiger partial charge >= 0.3 is 0 Å². The molecule has 0 bridgehead atoms. The maximum Gasteiger partial charge on any atom is 0.160 e. The van der Waals surface area contributed by atoms with Gasteiger partial charge in [-0.1, -0.05) is 103 Å². The summed E-state index contributed by atoms with van der Waals surface area (Å²) in [5, 5.41) is 2.16. The van der Waals surface area contributed by atoms with Gasteiger partial charge in [-0.2, -0.15) is 0 Å². The number of rotatable bonds is 6. The van der Waals surface area contributed by atoms with E-state index in [1.807, 2.05) is 67.0 Å². The van der Waals surface area contributed by atoms with Gasteiger partial charge < -0.3 is 4.42 Å². The smallest absolute Gasteiger partial charge is 0.160 e. The predicted molar refractivity (Wildman–Crippen MR) is 200 cm³/mol. The first kappa shape index (κ1) is 28.6. The molecule has 0 aliphatic rings. The number of para-hydroxylation sites is 1. The van der Waals surface area contributed by atoms with Crippen molar-refractivity contribution in [3.63, 3.8) is 0 Å². The van der Waals surface area contributed by atoms with Gasteiger partial charge in [0.1, 0.15) is 11.2 Å². The van der Waals surface area contributed by atoms with Gasteiger partial charge in [0.25, 0.3) is 0 Å². The van der Waals surface area contributed by atoms with E-state index in [4.69, 9.17) is 14.4 Å². The van der Waals surface area contributed by atoms with Crippen LogP contribution in [0.1, 0.15) is 0 Å². The highest BCUT2D eigenvalue weighted by Gasteiger charge is 2.15. The second-order valence-corrected chi connectivity index (χ2v) is 12.1. The lowest BCUT2D eigenvalue weighted by Gasteiger charge is -2.13. The van der Waals surface area contributed by atoms with Crippen LogP contribution in [-0.4, -0.2) is 15.0 Å².